The van der Waals surface area contributed by atoms with E-state index < -0.39 is 28.3 Å². The van der Waals surface area contributed by atoms with Crippen LogP contribution in [-0.2, 0) is 15.0 Å². The van der Waals surface area contributed by atoms with Crippen LogP contribution in [0.3, 0.4) is 0 Å². The number of aliphatic hydroxyl groups is 1. The van der Waals surface area contributed by atoms with Gasteiger partial charge in [-0.2, -0.15) is 12.7 Å². The highest BCUT2D eigenvalue weighted by molar-refractivity contribution is 7.88. The maximum atomic E-state index is 11.1. The third-order valence-electron chi connectivity index (χ3n) is 2.07. The van der Waals surface area contributed by atoms with Gasteiger partial charge in [0.1, 0.15) is 6.04 Å². The number of fused-ring (bicyclic) bond motifs is 1. The van der Waals surface area contributed by atoms with Crippen molar-refractivity contribution in [3.05, 3.63) is 0 Å². The number of hydrogen-bond donors (Lipinski definition) is 2. The van der Waals surface area contributed by atoms with Gasteiger partial charge < -0.3 is 5.11 Å². The molecule has 68 valence electrons. The Bertz CT molecular complexity index is 324. The van der Waals surface area contributed by atoms with Gasteiger partial charge in [-0.1, -0.05) is 0 Å². The first kappa shape index (κ1) is 7.96. The zero-order valence-corrected chi connectivity index (χ0v) is 6.91. The quantitative estimate of drug-likeness (QED) is 0.456. The number of hydrogen-bond acceptors (Lipinski definition) is 4. The van der Waals surface area contributed by atoms with E-state index in [2.05, 4.69) is 0 Å². The summed E-state index contributed by atoms with van der Waals surface area (Å²) >= 11 is 0. The molecule has 2 N–H and O–H groups in total. The highest BCUT2D eigenvalue weighted by atomic mass is 32.2. The summed E-state index contributed by atoms with van der Waals surface area (Å²) < 4.78 is 25.0. The van der Waals surface area contributed by atoms with E-state index in [0.717, 1.165) is 4.31 Å². The van der Waals surface area contributed by atoms with E-state index in [1.165, 1.54) is 0 Å². The zero-order chi connectivity index (χ0) is 8.93. The van der Waals surface area contributed by atoms with Crippen molar-refractivity contribution in [1.82, 2.24) is 9.03 Å². The Morgan fingerprint density at radius 1 is 1.58 bits per heavy atom. The molecule has 0 aromatic carbocycles. The Morgan fingerprint density at radius 2 is 2.25 bits per heavy atom. The van der Waals surface area contributed by atoms with Gasteiger partial charge in [0, 0.05) is 13.0 Å². The highest BCUT2D eigenvalue weighted by Gasteiger charge is 2.49. The van der Waals surface area contributed by atoms with E-state index in [4.69, 9.17) is 5.11 Å². The summed E-state index contributed by atoms with van der Waals surface area (Å²) in [6.07, 6.45) is -0.513. The largest absolute Gasteiger partial charge is 0.392 e. The van der Waals surface area contributed by atoms with E-state index in [1.54, 1.807) is 0 Å². The summed E-state index contributed by atoms with van der Waals surface area (Å²) in [6.45, 7) is 0.0196. The van der Waals surface area contributed by atoms with Crippen molar-refractivity contribution in [1.29, 1.82) is 0 Å². The molecule has 0 aromatic heterocycles. The fraction of sp³-hybridized carbons (Fsp3) is 0.800. The van der Waals surface area contributed by atoms with Crippen molar-refractivity contribution in [3.63, 3.8) is 0 Å². The highest BCUT2D eigenvalue weighted by Crippen LogP contribution is 2.25. The molecule has 0 radical (unpaired) electrons. The van der Waals surface area contributed by atoms with Crippen molar-refractivity contribution >= 4 is 16.1 Å². The Morgan fingerprint density at radius 3 is 2.83 bits per heavy atom. The minimum Gasteiger partial charge on any atom is -0.392 e. The summed E-state index contributed by atoms with van der Waals surface area (Å²) in [5, 5.41) is 9.10. The molecule has 0 aliphatic carbocycles. The lowest BCUT2D eigenvalue weighted by molar-refractivity contribution is -0.121. The molecular weight excluding hydrogens is 184 g/mol. The Balaban J connectivity index is 2.37. The summed E-state index contributed by atoms with van der Waals surface area (Å²) in [5.41, 5.74) is 0. The van der Waals surface area contributed by atoms with Gasteiger partial charge in [-0.05, 0) is 0 Å². The second-order valence-electron chi connectivity index (χ2n) is 2.95. The lowest BCUT2D eigenvalue weighted by atomic mass is 10.2. The fourth-order valence-corrected chi connectivity index (χ4v) is 2.93. The monoisotopic (exact) mass is 192 g/mol. The molecular formula is C5H8N2O4S. The van der Waals surface area contributed by atoms with Crippen LogP contribution in [0.1, 0.15) is 6.42 Å². The molecule has 2 rings (SSSR count). The van der Waals surface area contributed by atoms with Crippen molar-refractivity contribution in [2.45, 2.75) is 18.6 Å². The van der Waals surface area contributed by atoms with Crippen molar-refractivity contribution in [2.24, 2.45) is 0 Å². The topological polar surface area (TPSA) is 86.7 Å². The third kappa shape index (κ3) is 0.936. The van der Waals surface area contributed by atoms with Crippen LogP contribution in [0.15, 0.2) is 0 Å². The number of nitrogens with zero attached hydrogens (tertiary/aromatic N) is 1. The van der Waals surface area contributed by atoms with Crippen molar-refractivity contribution in [3.8, 4) is 0 Å². The molecule has 12 heavy (non-hydrogen) atoms. The van der Waals surface area contributed by atoms with E-state index >= 15 is 0 Å². The van der Waals surface area contributed by atoms with Gasteiger partial charge in [-0.3, -0.25) is 4.79 Å². The SMILES string of the molecule is O=C1NS(=O)(=O)N2C[C@H](O)C[C@@H]12. The molecule has 2 heterocycles. The number of amides is 1. The summed E-state index contributed by atoms with van der Waals surface area (Å²) in [5.74, 6) is -0.536. The molecule has 6 nitrogen and oxygen atoms in total. The number of carbonyl (C=O) groups is 1. The predicted octanol–water partition coefficient (Wildman–Crippen LogP) is -2.20. The first-order chi connectivity index (χ1) is 5.50. The normalized spacial score (nSPS) is 39.6. The second-order valence-corrected chi connectivity index (χ2v) is 4.57. The molecule has 1 amide bonds. The smallest absolute Gasteiger partial charge is 0.304 e. The van der Waals surface area contributed by atoms with Crippen LogP contribution >= 0.6 is 0 Å². The number of nitrogens with one attached hydrogen (secondary N) is 1. The van der Waals surface area contributed by atoms with Gasteiger partial charge in [0.05, 0.1) is 6.10 Å². The van der Waals surface area contributed by atoms with Gasteiger partial charge in [0.2, 0.25) is 0 Å². The van der Waals surface area contributed by atoms with Crippen LogP contribution in [0.4, 0.5) is 0 Å². The zero-order valence-electron chi connectivity index (χ0n) is 6.10. The molecule has 0 aromatic rings. The molecule has 2 saturated heterocycles. The Hall–Kier alpha value is -0.660. The summed E-state index contributed by atoms with van der Waals surface area (Å²) in [4.78, 5) is 11.0. The minimum atomic E-state index is -3.63. The lowest BCUT2D eigenvalue weighted by Gasteiger charge is -2.08. The Kier molecular flexibility index (Phi) is 1.45. The molecule has 2 atom stereocenters. The first-order valence-electron chi connectivity index (χ1n) is 3.52. The molecule has 2 aliphatic heterocycles. The average molecular weight is 192 g/mol. The van der Waals surface area contributed by atoms with Gasteiger partial charge in [0.25, 0.3) is 5.91 Å². The maximum absolute atomic E-state index is 11.1. The fourth-order valence-electron chi connectivity index (χ4n) is 1.54. The molecule has 2 aliphatic rings. The Labute approximate surface area is 69.3 Å². The van der Waals surface area contributed by atoms with Gasteiger partial charge in [-0.15, -0.1) is 0 Å². The second kappa shape index (κ2) is 2.18. The van der Waals surface area contributed by atoms with Gasteiger partial charge in [0.15, 0.2) is 0 Å². The van der Waals surface area contributed by atoms with E-state index in [0.29, 0.717) is 0 Å². The minimum absolute atomic E-state index is 0.0196. The van der Waals surface area contributed by atoms with Crippen LogP contribution in [0, 0.1) is 0 Å². The number of rotatable bonds is 0. The van der Waals surface area contributed by atoms with Crippen LogP contribution in [0.5, 0.6) is 0 Å². The summed E-state index contributed by atoms with van der Waals surface area (Å²) in [6, 6.07) is -0.690. The van der Waals surface area contributed by atoms with Crippen LogP contribution in [0.25, 0.3) is 0 Å². The van der Waals surface area contributed by atoms with Gasteiger partial charge in [-0.25, -0.2) is 4.72 Å². The third-order valence-corrected chi connectivity index (χ3v) is 3.55. The van der Waals surface area contributed by atoms with Crippen LogP contribution < -0.4 is 4.72 Å². The predicted molar refractivity (Wildman–Crippen MR) is 38.2 cm³/mol. The van der Waals surface area contributed by atoms with Gasteiger partial charge >= 0.3 is 10.2 Å². The summed E-state index contributed by atoms with van der Waals surface area (Å²) in [7, 11) is -3.63. The molecule has 0 saturated carbocycles. The van der Waals surface area contributed by atoms with E-state index in [1.807, 2.05) is 4.72 Å². The molecule has 0 spiro atoms. The first-order valence-corrected chi connectivity index (χ1v) is 4.96. The van der Waals surface area contributed by atoms with E-state index in [-0.39, 0.29) is 13.0 Å². The number of carbonyl (C=O) groups excluding carboxylic acids is 1. The molecule has 7 heteroatoms. The molecule has 2 fully saturated rings. The molecule has 0 bridgehead atoms. The lowest BCUT2D eigenvalue weighted by Crippen LogP contribution is -2.31. The standard InChI is InChI=1S/C5H8N2O4S/c8-3-1-4-5(9)6-12(10,11)7(4)2-3/h3-4,8H,1-2H2,(H,6,9)/t3-,4+/m1/s1. The van der Waals surface area contributed by atoms with E-state index in [9.17, 15) is 13.2 Å². The number of aliphatic hydroxyl groups excluding tert-OH is 1. The average Bonchev–Trinajstić information content (AvgIpc) is 2.37. The van der Waals surface area contributed by atoms with Crippen molar-refractivity contribution in [2.75, 3.05) is 6.54 Å². The van der Waals surface area contributed by atoms with Crippen molar-refractivity contribution < 1.29 is 18.3 Å². The van der Waals surface area contributed by atoms with Crippen LogP contribution in [0.2, 0.25) is 0 Å². The van der Waals surface area contributed by atoms with Crippen LogP contribution in [-0.4, -0.2) is 42.4 Å². The molecule has 0 unspecified atom stereocenters. The maximum Gasteiger partial charge on any atom is 0.304 e.